The number of nitrogens with zero attached hydrogens (tertiary/aromatic N) is 2. The van der Waals surface area contributed by atoms with Crippen LogP contribution >= 0.6 is 0 Å². The van der Waals surface area contributed by atoms with Gasteiger partial charge in [0.2, 0.25) is 0 Å². The van der Waals surface area contributed by atoms with E-state index in [-0.39, 0.29) is 34.6 Å². The lowest BCUT2D eigenvalue weighted by atomic mass is 10.1. The largest absolute Gasteiger partial charge is 0.490 e. The average molecular weight is 493 g/mol. The van der Waals surface area contributed by atoms with Crippen LogP contribution in [0.15, 0.2) is 41.3 Å². The Hall–Kier alpha value is -3.14. The van der Waals surface area contributed by atoms with Gasteiger partial charge in [-0.05, 0) is 57.2 Å². The van der Waals surface area contributed by atoms with E-state index in [1.807, 2.05) is 13.8 Å². The number of sulfone groups is 1. The van der Waals surface area contributed by atoms with Gasteiger partial charge in [0.05, 0.1) is 34.4 Å². The zero-order valence-electron chi connectivity index (χ0n) is 19.7. The molecule has 0 aromatic heterocycles. The molecule has 1 aliphatic heterocycles. The zero-order chi connectivity index (χ0) is 25.0. The molecule has 1 amide bonds. The Labute approximate surface area is 199 Å². The van der Waals surface area contributed by atoms with Gasteiger partial charge in [-0.15, -0.1) is 0 Å². The fourth-order valence-corrected chi connectivity index (χ4v) is 4.34. The molecule has 1 fully saturated rings. The number of hydrogen-bond acceptors (Lipinski definition) is 7. The SMILES string of the molecule is CCOC(=O)c1ccc(N2CCN(C(=O)c3cc(S(C)(=O)=O)ccc3OC(C)C)CC2)c(F)c1. The zero-order valence-corrected chi connectivity index (χ0v) is 20.5. The Morgan fingerprint density at radius 1 is 1.06 bits per heavy atom. The van der Waals surface area contributed by atoms with Crippen LogP contribution < -0.4 is 9.64 Å². The molecule has 184 valence electrons. The molecule has 1 saturated heterocycles. The molecule has 2 aromatic carbocycles. The van der Waals surface area contributed by atoms with Crippen molar-refractivity contribution < 1.29 is 31.9 Å². The van der Waals surface area contributed by atoms with Crippen molar-refractivity contribution in [3.63, 3.8) is 0 Å². The van der Waals surface area contributed by atoms with E-state index >= 15 is 0 Å². The monoisotopic (exact) mass is 492 g/mol. The van der Waals surface area contributed by atoms with Crippen molar-refractivity contribution in [3.8, 4) is 5.75 Å². The number of anilines is 1. The van der Waals surface area contributed by atoms with Crippen LogP contribution in [0.5, 0.6) is 5.75 Å². The number of piperazine rings is 1. The molecule has 0 N–H and O–H groups in total. The van der Waals surface area contributed by atoms with Gasteiger partial charge in [0.25, 0.3) is 5.91 Å². The van der Waals surface area contributed by atoms with E-state index in [0.29, 0.717) is 37.6 Å². The number of hydrogen-bond donors (Lipinski definition) is 0. The van der Waals surface area contributed by atoms with Gasteiger partial charge in [-0.3, -0.25) is 4.79 Å². The average Bonchev–Trinajstić information content (AvgIpc) is 2.78. The number of halogens is 1. The summed E-state index contributed by atoms with van der Waals surface area (Å²) < 4.78 is 49.4. The predicted octanol–water partition coefficient (Wildman–Crippen LogP) is 3.16. The number of ether oxygens (including phenoxy) is 2. The number of esters is 1. The molecule has 0 spiro atoms. The molecule has 0 aliphatic carbocycles. The summed E-state index contributed by atoms with van der Waals surface area (Å²) in [6.07, 6.45) is 0.883. The minimum absolute atomic E-state index is 0.0364. The third-order valence-corrected chi connectivity index (χ3v) is 6.45. The van der Waals surface area contributed by atoms with Crippen molar-refractivity contribution in [2.24, 2.45) is 0 Å². The molecule has 8 nitrogen and oxygen atoms in total. The Balaban J connectivity index is 1.76. The third kappa shape index (κ3) is 5.85. The molecular weight excluding hydrogens is 463 g/mol. The highest BCUT2D eigenvalue weighted by molar-refractivity contribution is 7.90. The van der Waals surface area contributed by atoms with Gasteiger partial charge in [0.15, 0.2) is 9.84 Å². The summed E-state index contributed by atoms with van der Waals surface area (Å²) in [7, 11) is -3.51. The molecule has 34 heavy (non-hydrogen) atoms. The Kier molecular flexibility index (Phi) is 7.81. The molecule has 1 aliphatic rings. The van der Waals surface area contributed by atoms with Crippen molar-refractivity contribution in [1.29, 1.82) is 0 Å². The van der Waals surface area contributed by atoms with Crippen molar-refractivity contribution in [1.82, 2.24) is 4.90 Å². The summed E-state index contributed by atoms with van der Waals surface area (Å²) in [6, 6.07) is 8.46. The Bertz CT molecular complexity index is 1170. The number of rotatable bonds is 7. The van der Waals surface area contributed by atoms with Crippen LogP contribution in [0.25, 0.3) is 0 Å². The van der Waals surface area contributed by atoms with Gasteiger partial charge in [-0.1, -0.05) is 0 Å². The quantitative estimate of drug-likeness (QED) is 0.548. The van der Waals surface area contributed by atoms with E-state index in [2.05, 4.69) is 0 Å². The van der Waals surface area contributed by atoms with Crippen LogP contribution in [-0.2, 0) is 14.6 Å². The third-order valence-electron chi connectivity index (χ3n) is 5.34. The molecule has 2 aromatic rings. The second kappa shape index (κ2) is 10.4. The molecule has 0 atom stereocenters. The molecule has 0 unspecified atom stereocenters. The molecule has 0 bridgehead atoms. The van der Waals surface area contributed by atoms with Gasteiger partial charge in [0.1, 0.15) is 11.6 Å². The first-order valence-corrected chi connectivity index (χ1v) is 12.9. The maximum Gasteiger partial charge on any atom is 0.338 e. The number of amides is 1. The molecule has 10 heteroatoms. The summed E-state index contributed by atoms with van der Waals surface area (Å²) >= 11 is 0. The van der Waals surface area contributed by atoms with Gasteiger partial charge in [-0.2, -0.15) is 0 Å². The second-order valence-corrected chi connectivity index (χ2v) is 10.3. The first-order valence-electron chi connectivity index (χ1n) is 11.0. The number of benzene rings is 2. The summed E-state index contributed by atoms with van der Waals surface area (Å²) in [5.74, 6) is -1.16. The van der Waals surface area contributed by atoms with E-state index in [1.54, 1.807) is 16.7 Å². The van der Waals surface area contributed by atoms with Gasteiger partial charge < -0.3 is 19.3 Å². The number of carbonyl (C=O) groups excluding carboxylic acids is 2. The second-order valence-electron chi connectivity index (χ2n) is 8.26. The Morgan fingerprint density at radius 2 is 1.74 bits per heavy atom. The maximum absolute atomic E-state index is 14.7. The summed E-state index contributed by atoms with van der Waals surface area (Å²) in [5, 5.41) is 0. The highest BCUT2D eigenvalue weighted by Gasteiger charge is 2.27. The lowest BCUT2D eigenvalue weighted by Gasteiger charge is -2.36. The smallest absolute Gasteiger partial charge is 0.338 e. The molecule has 0 radical (unpaired) electrons. The van der Waals surface area contributed by atoms with Crippen LogP contribution in [0.1, 0.15) is 41.5 Å². The lowest BCUT2D eigenvalue weighted by molar-refractivity contribution is 0.0525. The van der Waals surface area contributed by atoms with Gasteiger partial charge >= 0.3 is 5.97 Å². The van der Waals surface area contributed by atoms with E-state index in [1.165, 1.54) is 30.3 Å². The van der Waals surface area contributed by atoms with E-state index in [4.69, 9.17) is 9.47 Å². The first-order chi connectivity index (χ1) is 16.0. The van der Waals surface area contributed by atoms with E-state index in [0.717, 1.165) is 12.3 Å². The van der Waals surface area contributed by atoms with Gasteiger partial charge in [-0.25, -0.2) is 17.6 Å². The summed E-state index contributed by atoms with van der Waals surface area (Å²) in [6.45, 7) is 6.87. The van der Waals surface area contributed by atoms with Crippen molar-refractivity contribution in [3.05, 3.63) is 53.3 Å². The number of carbonyl (C=O) groups is 2. The molecule has 3 rings (SSSR count). The molecular formula is C24H29FN2O6S. The van der Waals surface area contributed by atoms with Crippen LogP contribution in [0.2, 0.25) is 0 Å². The minimum Gasteiger partial charge on any atom is -0.490 e. The van der Waals surface area contributed by atoms with E-state index in [9.17, 15) is 22.4 Å². The fourth-order valence-electron chi connectivity index (χ4n) is 3.69. The maximum atomic E-state index is 14.7. The van der Waals surface area contributed by atoms with Crippen LogP contribution in [0.3, 0.4) is 0 Å². The van der Waals surface area contributed by atoms with Crippen LogP contribution in [0, 0.1) is 5.82 Å². The van der Waals surface area contributed by atoms with Crippen LogP contribution in [0.4, 0.5) is 10.1 Å². The van der Waals surface area contributed by atoms with E-state index < -0.39 is 21.6 Å². The van der Waals surface area contributed by atoms with Crippen molar-refractivity contribution in [2.75, 3.05) is 43.9 Å². The van der Waals surface area contributed by atoms with Crippen molar-refractivity contribution >= 4 is 27.4 Å². The molecule has 1 heterocycles. The lowest BCUT2D eigenvalue weighted by Crippen LogP contribution is -2.49. The normalized spacial score (nSPS) is 14.3. The first kappa shape index (κ1) is 25.5. The van der Waals surface area contributed by atoms with Gasteiger partial charge in [0, 0.05) is 32.4 Å². The minimum atomic E-state index is -3.51. The standard InChI is InChI=1S/C24H29FN2O6S/c1-5-32-24(29)17-6-8-21(20(25)14-17)26-10-12-27(13-11-26)23(28)19-15-18(34(4,30)31)7-9-22(19)33-16(2)3/h6-9,14-16H,5,10-13H2,1-4H3. The summed E-state index contributed by atoms with van der Waals surface area (Å²) in [4.78, 5) is 28.5. The topological polar surface area (TPSA) is 93.2 Å². The van der Waals surface area contributed by atoms with Crippen molar-refractivity contribution in [2.45, 2.75) is 31.8 Å². The highest BCUT2D eigenvalue weighted by Crippen LogP contribution is 2.27. The Morgan fingerprint density at radius 3 is 2.29 bits per heavy atom. The fraction of sp³-hybridized carbons (Fsp3) is 0.417. The highest BCUT2D eigenvalue weighted by atomic mass is 32.2. The van der Waals surface area contributed by atoms with Crippen LogP contribution in [-0.4, -0.2) is 70.3 Å². The molecule has 0 saturated carbocycles. The predicted molar refractivity (Wildman–Crippen MR) is 126 cm³/mol. The summed E-state index contributed by atoms with van der Waals surface area (Å²) in [5.41, 5.74) is 0.651.